The van der Waals surface area contributed by atoms with E-state index in [1.807, 2.05) is 24.3 Å². The molecule has 0 fully saturated rings. The molecule has 0 heterocycles. The predicted octanol–water partition coefficient (Wildman–Crippen LogP) is 3.08. The highest BCUT2D eigenvalue weighted by atomic mass is 32.1. The first-order chi connectivity index (χ1) is 7.65. The molecule has 1 rings (SSSR count). The van der Waals surface area contributed by atoms with E-state index in [1.165, 1.54) is 0 Å². The Hall–Kier alpha value is -1.09. The van der Waals surface area contributed by atoms with Crippen LogP contribution in [-0.2, 0) is 6.42 Å². The molecule has 0 radical (unpaired) electrons. The average Bonchev–Trinajstić information content (AvgIpc) is 2.27. The highest BCUT2D eigenvalue weighted by Gasteiger charge is 2.04. The lowest BCUT2D eigenvalue weighted by molar-refractivity contribution is 0.193. The molecule has 0 saturated carbocycles. The van der Waals surface area contributed by atoms with Gasteiger partial charge in [0.05, 0.1) is 11.1 Å². The number of hydrogen-bond donors (Lipinski definition) is 1. The monoisotopic (exact) mass is 237 g/mol. The molecule has 0 bridgehead atoms. The van der Waals surface area contributed by atoms with Crippen LogP contribution in [0.2, 0.25) is 0 Å². The van der Waals surface area contributed by atoms with Gasteiger partial charge in [-0.05, 0) is 30.5 Å². The second kappa shape index (κ2) is 6.48. The minimum atomic E-state index is 0.307. The number of benzene rings is 1. The average molecular weight is 237 g/mol. The highest BCUT2D eigenvalue weighted by Crippen LogP contribution is 2.16. The van der Waals surface area contributed by atoms with Crippen LogP contribution in [0, 0.1) is 0 Å². The van der Waals surface area contributed by atoms with Gasteiger partial charge in [-0.1, -0.05) is 38.2 Å². The van der Waals surface area contributed by atoms with E-state index in [2.05, 4.69) is 13.8 Å². The molecule has 1 aromatic carbocycles. The third-order valence-corrected chi connectivity index (χ3v) is 2.66. The molecule has 0 amide bonds. The first kappa shape index (κ1) is 13.0. The maximum absolute atomic E-state index is 5.81. The Morgan fingerprint density at radius 3 is 2.25 bits per heavy atom. The van der Waals surface area contributed by atoms with Crippen molar-refractivity contribution in [3.8, 4) is 5.75 Å². The molecule has 2 nitrogen and oxygen atoms in total. The van der Waals surface area contributed by atoms with E-state index in [-0.39, 0.29) is 0 Å². The van der Waals surface area contributed by atoms with Crippen LogP contribution in [-0.4, -0.2) is 11.1 Å². The summed E-state index contributed by atoms with van der Waals surface area (Å²) >= 11 is 4.86. The van der Waals surface area contributed by atoms with Crippen molar-refractivity contribution < 1.29 is 4.74 Å². The van der Waals surface area contributed by atoms with Crippen molar-refractivity contribution in [3.05, 3.63) is 29.8 Å². The summed E-state index contributed by atoms with van der Waals surface area (Å²) in [7, 11) is 0. The SMILES string of the molecule is CCC(CC)Oc1ccc(CC(N)=S)cc1. The Kier molecular flexibility index (Phi) is 5.26. The minimum Gasteiger partial charge on any atom is -0.490 e. The van der Waals surface area contributed by atoms with Crippen LogP contribution in [0.3, 0.4) is 0 Å². The highest BCUT2D eigenvalue weighted by molar-refractivity contribution is 7.80. The molecule has 0 unspecified atom stereocenters. The van der Waals surface area contributed by atoms with Crippen LogP contribution < -0.4 is 10.5 Å². The lowest BCUT2D eigenvalue weighted by atomic mass is 10.1. The maximum Gasteiger partial charge on any atom is 0.119 e. The van der Waals surface area contributed by atoms with Gasteiger partial charge in [0.25, 0.3) is 0 Å². The molecule has 88 valence electrons. The van der Waals surface area contributed by atoms with Gasteiger partial charge in [0, 0.05) is 6.42 Å². The number of ether oxygens (including phenoxy) is 1. The van der Waals surface area contributed by atoms with Gasteiger partial charge in [0.2, 0.25) is 0 Å². The van der Waals surface area contributed by atoms with E-state index >= 15 is 0 Å². The van der Waals surface area contributed by atoms with Crippen LogP contribution in [0.4, 0.5) is 0 Å². The van der Waals surface area contributed by atoms with Crippen LogP contribution >= 0.6 is 12.2 Å². The molecule has 0 saturated heterocycles. The summed E-state index contributed by atoms with van der Waals surface area (Å²) in [6.45, 7) is 4.27. The Morgan fingerprint density at radius 1 is 1.25 bits per heavy atom. The third-order valence-electron chi connectivity index (χ3n) is 2.52. The zero-order valence-electron chi connectivity index (χ0n) is 9.90. The number of hydrogen-bond acceptors (Lipinski definition) is 2. The number of nitrogens with two attached hydrogens (primary N) is 1. The molecule has 0 aliphatic rings. The molecule has 1 aromatic rings. The van der Waals surface area contributed by atoms with Crippen molar-refractivity contribution in [2.45, 2.75) is 39.2 Å². The fraction of sp³-hybridized carbons (Fsp3) is 0.462. The quantitative estimate of drug-likeness (QED) is 0.772. The Bertz CT molecular complexity index is 330. The minimum absolute atomic E-state index is 0.307. The fourth-order valence-electron chi connectivity index (χ4n) is 1.53. The van der Waals surface area contributed by atoms with Gasteiger partial charge in [-0.2, -0.15) is 0 Å². The van der Waals surface area contributed by atoms with Gasteiger partial charge >= 0.3 is 0 Å². The summed E-state index contributed by atoms with van der Waals surface area (Å²) in [5, 5.41) is 0. The standard InChI is InChI=1S/C13H19NOS/c1-3-11(4-2)15-12-7-5-10(6-8-12)9-13(14)16/h5-8,11H,3-4,9H2,1-2H3,(H2,14,16). The molecular formula is C13H19NOS. The van der Waals surface area contributed by atoms with E-state index in [0.29, 0.717) is 17.5 Å². The van der Waals surface area contributed by atoms with Gasteiger partial charge in [-0.3, -0.25) is 0 Å². The summed E-state index contributed by atoms with van der Waals surface area (Å²) in [5.41, 5.74) is 6.62. The fourth-order valence-corrected chi connectivity index (χ4v) is 1.70. The van der Waals surface area contributed by atoms with Crippen molar-refractivity contribution in [1.29, 1.82) is 0 Å². The number of thiocarbonyl (C=S) groups is 1. The van der Waals surface area contributed by atoms with E-state index in [9.17, 15) is 0 Å². The topological polar surface area (TPSA) is 35.2 Å². The lowest BCUT2D eigenvalue weighted by Crippen LogP contribution is -2.14. The molecule has 2 N–H and O–H groups in total. The third kappa shape index (κ3) is 4.19. The van der Waals surface area contributed by atoms with Gasteiger partial charge in [-0.15, -0.1) is 0 Å². The summed E-state index contributed by atoms with van der Waals surface area (Å²) in [6, 6.07) is 7.98. The van der Waals surface area contributed by atoms with E-state index < -0.39 is 0 Å². The second-order valence-corrected chi connectivity index (χ2v) is 4.37. The molecule has 0 atom stereocenters. The van der Waals surface area contributed by atoms with Crippen LogP contribution in [0.15, 0.2) is 24.3 Å². The molecule has 0 spiro atoms. The smallest absolute Gasteiger partial charge is 0.119 e. The van der Waals surface area contributed by atoms with Gasteiger partial charge < -0.3 is 10.5 Å². The van der Waals surface area contributed by atoms with Crippen molar-refractivity contribution in [2.24, 2.45) is 5.73 Å². The molecule has 3 heteroatoms. The summed E-state index contributed by atoms with van der Waals surface area (Å²) in [6.07, 6.45) is 3.03. The maximum atomic E-state index is 5.81. The van der Waals surface area contributed by atoms with E-state index in [0.717, 1.165) is 24.2 Å². The van der Waals surface area contributed by atoms with Crippen molar-refractivity contribution in [3.63, 3.8) is 0 Å². The number of rotatable bonds is 6. The van der Waals surface area contributed by atoms with Gasteiger partial charge in [-0.25, -0.2) is 0 Å². The predicted molar refractivity (Wildman–Crippen MR) is 71.9 cm³/mol. The van der Waals surface area contributed by atoms with E-state index in [4.69, 9.17) is 22.7 Å². The summed E-state index contributed by atoms with van der Waals surface area (Å²) < 4.78 is 5.81. The zero-order chi connectivity index (χ0) is 12.0. The van der Waals surface area contributed by atoms with Gasteiger partial charge in [0.15, 0.2) is 0 Å². The normalized spacial score (nSPS) is 10.4. The zero-order valence-corrected chi connectivity index (χ0v) is 10.7. The molecular weight excluding hydrogens is 218 g/mol. The summed E-state index contributed by atoms with van der Waals surface area (Å²) in [5.74, 6) is 0.917. The Labute approximate surface area is 103 Å². The molecule has 0 aromatic heterocycles. The molecule has 0 aliphatic carbocycles. The van der Waals surface area contributed by atoms with Crippen LogP contribution in [0.25, 0.3) is 0 Å². The molecule has 16 heavy (non-hydrogen) atoms. The summed E-state index contributed by atoms with van der Waals surface area (Å²) in [4.78, 5) is 0.522. The Balaban J connectivity index is 2.60. The lowest BCUT2D eigenvalue weighted by Gasteiger charge is -2.15. The van der Waals surface area contributed by atoms with Crippen LogP contribution in [0.5, 0.6) is 5.75 Å². The first-order valence-electron chi connectivity index (χ1n) is 5.69. The first-order valence-corrected chi connectivity index (χ1v) is 6.10. The van der Waals surface area contributed by atoms with Crippen LogP contribution in [0.1, 0.15) is 32.3 Å². The van der Waals surface area contributed by atoms with Crippen molar-refractivity contribution in [1.82, 2.24) is 0 Å². The molecule has 0 aliphatic heterocycles. The van der Waals surface area contributed by atoms with E-state index in [1.54, 1.807) is 0 Å². The van der Waals surface area contributed by atoms with Gasteiger partial charge in [0.1, 0.15) is 5.75 Å². The van der Waals surface area contributed by atoms with Crippen molar-refractivity contribution >= 4 is 17.2 Å². The second-order valence-electron chi connectivity index (χ2n) is 3.84. The van der Waals surface area contributed by atoms with Crippen molar-refractivity contribution in [2.75, 3.05) is 0 Å². The largest absolute Gasteiger partial charge is 0.490 e. The Morgan fingerprint density at radius 2 is 1.81 bits per heavy atom.